The van der Waals surface area contributed by atoms with Crippen LogP contribution in [-0.2, 0) is 6.54 Å². The van der Waals surface area contributed by atoms with Gasteiger partial charge >= 0.3 is 0 Å². The van der Waals surface area contributed by atoms with Crippen molar-refractivity contribution in [2.24, 2.45) is 5.92 Å². The van der Waals surface area contributed by atoms with Gasteiger partial charge in [0.1, 0.15) is 5.82 Å². The number of benzene rings is 1. The van der Waals surface area contributed by atoms with E-state index < -0.39 is 11.6 Å². The number of nitrogens with one attached hydrogen (secondary N) is 2. The van der Waals surface area contributed by atoms with Gasteiger partial charge in [-0.25, -0.2) is 13.8 Å². The Labute approximate surface area is 109 Å². The van der Waals surface area contributed by atoms with E-state index in [1.807, 2.05) is 6.08 Å². The molecule has 1 atom stereocenters. The summed E-state index contributed by atoms with van der Waals surface area (Å²) >= 11 is 0. The maximum Gasteiger partial charge on any atom is 0.161 e. The number of rotatable bonds is 5. The van der Waals surface area contributed by atoms with E-state index in [0.29, 0.717) is 29.3 Å². The molecule has 0 radical (unpaired) electrons. The maximum atomic E-state index is 13.1. The lowest BCUT2D eigenvalue weighted by Gasteiger charge is -2.11. The number of halogens is 2. The lowest BCUT2D eigenvalue weighted by molar-refractivity contribution is 0.510. The lowest BCUT2D eigenvalue weighted by atomic mass is 10.2. The van der Waals surface area contributed by atoms with Gasteiger partial charge in [0.15, 0.2) is 11.6 Å². The predicted molar refractivity (Wildman–Crippen MR) is 69.6 cm³/mol. The van der Waals surface area contributed by atoms with Gasteiger partial charge in [-0.05, 0) is 18.8 Å². The number of aromatic amines is 1. The van der Waals surface area contributed by atoms with Crippen LogP contribution in [0, 0.1) is 17.6 Å². The van der Waals surface area contributed by atoms with Gasteiger partial charge < -0.3 is 10.3 Å². The van der Waals surface area contributed by atoms with Gasteiger partial charge in [0.25, 0.3) is 0 Å². The first-order valence-corrected chi connectivity index (χ1v) is 6.37. The summed E-state index contributed by atoms with van der Waals surface area (Å²) in [5.74, 6) is -0.401. The van der Waals surface area contributed by atoms with E-state index >= 15 is 0 Å². The average molecular weight is 263 g/mol. The van der Waals surface area contributed by atoms with Crippen LogP contribution in [0.3, 0.4) is 0 Å². The highest BCUT2D eigenvalue weighted by atomic mass is 19.2. The van der Waals surface area contributed by atoms with Crippen molar-refractivity contribution in [3.05, 3.63) is 42.2 Å². The molecule has 2 aromatic rings. The third-order valence-corrected chi connectivity index (χ3v) is 3.46. The molecule has 0 aliphatic heterocycles. The molecule has 1 heterocycles. The number of aromatic nitrogens is 2. The second kappa shape index (κ2) is 4.74. The third-order valence-electron chi connectivity index (χ3n) is 3.46. The van der Waals surface area contributed by atoms with E-state index in [-0.39, 0.29) is 6.04 Å². The largest absolute Gasteiger partial charge is 0.341 e. The Bertz CT molecular complexity index is 577. The molecule has 2 N–H and O–H groups in total. The Morgan fingerprint density at radius 2 is 2.16 bits per heavy atom. The SMILES string of the molecule is C=CC(NCc1nc2cc(F)c(F)cc2[nH]1)C1CC1. The molecule has 1 aliphatic carbocycles. The summed E-state index contributed by atoms with van der Waals surface area (Å²) in [6, 6.07) is 2.52. The Hall–Kier alpha value is -1.75. The van der Waals surface area contributed by atoms with Crippen LogP contribution in [0.25, 0.3) is 11.0 Å². The molecule has 0 spiro atoms. The summed E-state index contributed by atoms with van der Waals surface area (Å²) in [7, 11) is 0. The summed E-state index contributed by atoms with van der Waals surface area (Å²) in [4.78, 5) is 7.23. The molecular formula is C14H15F2N3. The van der Waals surface area contributed by atoms with Crippen LogP contribution >= 0.6 is 0 Å². The van der Waals surface area contributed by atoms with E-state index in [4.69, 9.17) is 0 Å². The summed E-state index contributed by atoms with van der Waals surface area (Å²) in [5.41, 5.74) is 0.953. The number of hydrogen-bond donors (Lipinski definition) is 2. The number of hydrogen-bond acceptors (Lipinski definition) is 2. The van der Waals surface area contributed by atoms with Gasteiger partial charge in [-0.2, -0.15) is 0 Å². The van der Waals surface area contributed by atoms with Crippen LogP contribution in [0.15, 0.2) is 24.8 Å². The van der Waals surface area contributed by atoms with Crippen molar-refractivity contribution >= 4 is 11.0 Å². The van der Waals surface area contributed by atoms with Crippen molar-refractivity contribution in [2.45, 2.75) is 25.4 Å². The second-order valence-corrected chi connectivity index (χ2v) is 4.95. The molecule has 1 saturated carbocycles. The van der Waals surface area contributed by atoms with Crippen LogP contribution in [0.4, 0.5) is 8.78 Å². The summed E-state index contributed by atoms with van der Waals surface area (Å²) in [5, 5.41) is 3.34. The molecule has 19 heavy (non-hydrogen) atoms. The van der Waals surface area contributed by atoms with Crippen molar-refractivity contribution in [1.29, 1.82) is 0 Å². The fraction of sp³-hybridized carbons (Fsp3) is 0.357. The van der Waals surface area contributed by atoms with Crippen LogP contribution in [0.2, 0.25) is 0 Å². The smallest absolute Gasteiger partial charge is 0.161 e. The molecule has 0 bridgehead atoms. The molecule has 0 saturated heterocycles. The fourth-order valence-corrected chi connectivity index (χ4v) is 2.25. The van der Waals surface area contributed by atoms with Gasteiger partial charge in [0.05, 0.1) is 17.6 Å². The molecule has 1 aromatic carbocycles. The van der Waals surface area contributed by atoms with Crippen molar-refractivity contribution in [3.63, 3.8) is 0 Å². The van der Waals surface area contributed by atoms with Crippen molar-refractivity contribution in [3.8, 4) is 0 Å². The van der Waals surface area contributed by atoms with Gasteiger partial charge in [-0.15, -0.1) is 6.58 Å². The fourth-order valence-electron chi connectivity index (χ4n) is 2.25. The summed E-state index contributed by atoms with van der Waals surface area (Å²) in [6.07, 6.45) is 4.35. The Morgan fingerprint density at radius 1 is 1.42 bits per heavy atom. The Balaban J connectivity index is 1.75. The van der Waals surface area contributed by atoms with E-state index in [2.05, 4.69) is 21.9 Å². The first-order valence-electron chi connectivity index (χ1n) is 6.37. The molecule has 3 nitrogen and oxygen atoms in total. The van der Waals surface area contributed by atoms with Crippen LogP contribution in [-0.4, -0.2) is 16.0 Å². The zero-order valence-electron chi connectivity index (χ0n) is 10.4. The number of H-pyrrole nitrogens is 1. The Kier molecular flexibility index (Phi) is 3.06. The highest BCUT2D eigenvalue weighted by Crippen LogP contribution is 2.33. The van der Waals surface area contributed by atoms with Crippen molar-refractivity contribution in [1.82, 2.24) is 15.3 Å². The average Bonchev–Trinajstić information content (AvgIpc) is 3.14. The van der Waals surface area contributed by atoms with E-state index in [0.717, 1.165) is 12.1 Å². The van der Waals surface area contributed by atoms with Crippen LogP contribution < -0.4 is 5.32 Å². The quantitative estimate of drug-likeness (QED) is 0.814. The van der Waals surface area contributed by atoms with Crippen molar-refractivity contribution in [2.75, 3.05) is 0 Å². The molecule has 5 heteroatoms. The zero-order valence-corrected chi connectivity index (χ0v) is 10.4. The second-order valence-electron chi connectivity index (χ2n) is 4.95. The highest BCUT2D eigenvalue weighted by molar-refractivity contribution is 5.75. The first-order chi connectivity index (χ1) is 9.17. The third kappa shape index (κ3) is 2.51. The molecule has 1 fully saturated rings. The van der Waals surface area contributed by atoms with Gasteiger partial charge in [-0.1, -0.05) is 6.08 Å². The van der Waals surface area contributed by atoms with E-state index in [1.165, 1.54) is 12.8 Å². The minimum Gasteiger partial charge on any atom is -0.341 e. The van der Waals surface area contributed by atoms with Gasteiger partial charge in [-0.3, -0.25) is 0 Å². The zero-order chi connectivity index (χ0) is 13.4. The van der Waals surface area contributed by atoms with Crippen LogP contribution in [0.1, 0.15) is 18.7 Å². The van der Waals surface area contributed by atoms with E-state index in [9.17, 15) is 8.78 Å². The molecule has 3 rings (SSSR count). The molecule has 0 amide bonds. The van der Waals surface area contributed by atoms with Gasteiger partial charge in [0, 0.05) is 18.2 Å². The van der Waals surface area contributed by atoms with Crippen LogP contribution in [0.5, 0.6) is 0 Å². The summed E-state index contributed by atoms with van der Waals surface area (Å²) in [6.45, 7) is 4.34. The van der Waals surface area contributed by atoms with Gasteiger partial charge in [0.2, 0.25) is 0 Å². The standard InChI is InChI=1S/C14H15F2N3/c1-2-11(8-3-4-8)17-7-14-18-12-5-9(15)10(16)6-13(12)19-14/h2,5-6,8,11,17H,1,3-4,7H2,(H,18,19). The molecule has 100 valence electrons. The highest BCUT2D eigenvalue weighted by Gasteiger charge is 2.28. The topological polar surface area (TPSA) is 40.7 Å². The summed E-state index contributed by atoms with van der Waals surface area (Å²) < 4.78 is 26.2. The predicted octanol–water partition coefficient (Wildman–Crippen LogP) is 2.90. The number of imidazole rings is 1. The Morgan fingerprint density at radius 3 is 2.84 bits per heavy atom. The minimum atomic E-state index is -0.875. The normalized spacial score (nSPS) is 16.7. The number of nitrogens with zero attached hydrogens (tertiary/aromatic N) is 1. The molecule has 1 unspecified atom stereocenters. The van der Waals surface area contributed by atoms with E-state index in [1.54, 1.807) is 0 Å². The monoisotopic (exact) mass is 263 g/mol. The molecule has 1 aliphatic rings. The van der Waals surface area contributed by atoms with Crippen molar-refractivity contribution < 1.29 is 8.78 Å². The lowest BCUT2D eigenvalue weighted by Crippen LogP contribution is -2.28. The molecule has 1 aromatic heterocycles. The maximum absolute atomic E-state index is 13.1. The number of fused-ring (bicyclic) bond motifs is 1. The minimum absolute atomic E-state index is 0.279. The first kappa shape index (κ1) is 12.3. The molecular weight excluding hydrogens is 248 g/mol.